The number of rotatable bonds is 5. The van der Waals surface area contributed by atoms with Gasteiger partial charge in [0.1, 0.15) is 10.8 Å². The highest BCUT2D eigenvalue weighted by atomic mass is 35.5. The lowest BCUT2D eigenvalue weighted by atomic mass is 10.2. The number of aromatic nitrogens is 1. The van der Waals surface area contributed by atoms with Crippen LogP contribution in [0.25, 0.3) is 0 Å². The third kappa shape index (κ3) is 4.76. The highest BCUT2D eigenvalue weighted by Crippen LogP contribution is 2.36. The molecule has 0 saturated heterocycles. The van der Waals surface area contributed by atoms with Crippen LogP contribution in [0.15, 0.2) is 24.3 Å². The minimum atomic E-state index is -0.665. The summed E-state index contributed by atoms with van der Waals surface area (Å²) in [6, 6.07) is 5.85. The van der Waals surface area contributed by atoms with Crippen molar-refractivity contribution in [3.63, 3.8) is 0 Å². The van der Waals surface area contributed by atoms with Crippen LogP contribution in [0.2, 0.25) is 20.2 Å². The first-order chi connectivity index (χ1) is 12.2. The molecule has 7 nitrogen and oxygen atoms in total. The Morgan fingerprint density at radius 1 is 0.923 bits per heavy atom. The molecule has 0 aliphatic carbocycles. The lowest BCUT2D eigenvalue weighted by Crippen LogP contribution is -2.33. The number of hydrogen-bond donors (Lipinski definition) is 3. The Balaban J connectivity index is 2.13. The van der Waals surface area contributed by atoms with Gasteiger partial charge in [0.05, 0.1) is 21.6 Å². The standard InChI is InChI=1S/C15H10Cl4N4O3/c16-9-10(17)12(23-13(19)11(9)18)15(26)22-7-3-1-6(2-4-7)14(25)21-5-8(20)24/h1-4H,5H2,(H2,20,24)(H,21,25)(H,22,26). The second-order valence-corrected chi connectivity index (χ2v) is 6.37. The van der Waals surface area contributed by atoms with Crippen LogP contribution in [0.5, 0.6) is 0 Å². The lowest BCUT2D eigenvalue weighted by Gasteiger charge is -2.09. The van der Waals surface area contributed by atoms with E-state index in [-0.39, 0.29) is 38.0 Å². The summed E-state index contributed by atoms with van der Waals surface area (Å²) >= 11 is 23.5. The molecule has 1 aromatic carbocycles. The summed E-state index contributed by atoms with van der Waals surface area (Å²) < 4.78 is 0. The van der Waals surface area contributed by atoms with Crippen LogP contribution in [-0.2, 0) is 4.79 Å². The zero-order valence-corrected chi connectivity index (χ0v) is 15.8. The molecular formula is C15H10Cl4N4O3. The minimum absolute atomic E-state index is 0.0544. The van der Waals surface area contributed by atoms with E-state index < -0.39 is 17.7 Å². The van der Waals surface area contributed by atoms with E-state index in [0.717, 1.165) is 0 Å². The Morgan fingerprint density at radius 3 is 2.12 bits per heavy atom. The van der Waals surface area contributed by atoms with E-state index >= 15 is 0 Å². The van der Waals surface area contributed by atoms with Crippen molar-refractivity contribution in [3.8, 4) is 0 Å². The molecule has 0 radical (unpaired) electrons. The van der Waals surface area contributed by atoms with E-state index in [2.05, 4.69) is 15.6 Å². The average Bonchev–Trinajstić information content (AvgIpc) is 2.61. The van der Waals surface area contributed by atoms with Gasteiger partial charge >= 0.3 is 0 Å². The van der Waals surface area contributed by atoms with E-state index in [1.807, 2.05) is 0 Å². The number of carbonyl (C=O) groups excluding carboxylic acids is 3. The molecule has 1 heterocycles. The maximum atomic E-state index is 12.3. The van der Waals surface area contributed by atoms with Crippen LogP contribution in [0.3, 0.4) is 0 Å². The van der Waals surface area contributed by atoms with Gasteiger partial charge < -0.3 is 16.4 Å². The van der Waals surface area contributed by atoms with Gasteiger partial charge in [-0.3, -0.25) is 14.4 Å². The number of anilines is 1. The van der Waals surface area contributed by atoms with Crippen LogP contribution in [0.1, 0.15) is 20.8 Å². The number of nitrogens with one attached hydrogen (secondary N) is 2. The normalized spacial score (nSPS) is 10.3. The molecule has 26 heavy (non-hydrogen) atoms. The summed E-state index contributed by atoms with van der Waals surface area (Å²) in [5.41, 5.74) is 5.39. The van der Waals surface area contributed by atoms with Gasteiger partial charge in [-0.25, -0.2) is 4.98 Å². The number of benzene rings is 1. The van der Waals surface area contributed by atoms with E-state index in [4.69, 9.17) is 52.1 Å². The van der Waals surface area contributed by atoms with E-state index in [9.17, 15) is 14.4 Å². The third-order valence-corrected chi connectivity index (χ3v) is 4.71. The predicted molar refractivity (Wildman–Crippen MR) is 100 cm³/mol. The van der Waals surface area contributed by atoms with Gasteiger partial charge in [0.15, 0.2) is 0 Å². The number of primary amides is 1. The zero-order chi connectivity index (χ0) is 19.4. The molecule has 2 rings (SSSR count). The molecular weight excluding hydrogens is 426 g/mol. The summed E-state index contributed by atoms with van der Waals surface area (Å²) in [7, 11) is 0. The van der Waals surface area contributed by atoms with Crippen molar-refractivity contribution in [2.45, 2.75) is 0 Å². The number of hydrogen-bond acceptors (Lipinski definition) is 4. The first-order valence-corrected chi connectivity index (χ1v) is 8.39. The molecule has 0 spiro atoms. The van der Waals surface area contributed by atoms with Gasteiger partial charge in [0, 0.05) is 11.3 Å². The molecule has 11 heteroatoms. The number of nitrogens with two attached hydrogens (primary N) is 1. The first-order valence-electron chi connectivity index (χ1n) is 6.88. The Hall–Kier alpha value is -2.06. The van der Waals surface area contributed by atoms with Crippen molar-refractivity contribution in [1.29, 1.82) is 0 Å². The van der Waals surface area contributed by atoms with Crippen LogP contribution < -0.4 is 16.4 Å². The van der Waals surface area contributed by atoms with Gasteiger partial charge in [-0.15, -0.1) is 0 Å². The zero-order valence-electron chi connectivity index (χ0n) is 12.8. The number of carbonyl (C=O) groups is 3. The fourth-order valence-electron chi connectivity index (χ4n) is 1.80. The third-order valence-electron chi connectivity index (χ3n) is 3.03. The highest BCUT2D eigenvalue weighted by Gasteiger charge is 2.20. The van der Waals surface area contributed by atoms with Crippen LogP contribution >= 0.6 is 46.4 Å². The van der Waals surface area contributed by atoms with Crippen molar-refractivity contribution in [1.82, 2.24) is 10.3 Å². The van der Waals surface area contributed by atoms with Crippen molar-refractivity contribution in [2.75, 3.05) is 11.9 Å². The number of amides is 3. The Morgan fingerprint density at radius 2 is 1.54 bits per heavy atom. The maximum Gasteiger partial charge on any atom is 0.275 e. The summed E-state index contributed by atoms with van der Waals surface area (Å²) in [5.74, 6) is -1.81. The van der Waals surface area contributed by atoms with Gasteiger partial charge in [-0.1, -0.05) is 46.4 Å². The second kappa shape index (κ2) is 8.55. The molecule has 3 amide bonds. The lowest BCUT2D eigenvalue weighted by molar-refractivity contribution is -0.117. The average molecular weight is 436 g/mol. The van der Waals surface area contributed by atoms with E-state index in [1.54, 1.807) is 0 Å². The molecule has 4 N–H and O–H groups in total. The number of pyridine rings is 1. The maximum absolute atomic E-state index is 12.3. The second-order valence-electron chi connectivity index (χ2n) is 4.87. The molecule has 0 fully saturated rings. The van der Waals surface area contributed by atoms with Crippen molar-refractivity contribution < 1.29 is 14.4 Å². The Labute approximate surface area is 167 Å². The smallest absolute Gasteiger partial charge is 0.275 e. The largest absolute Gasteiger partial charge is 0.368 e. The molecule has 0 aliphatic heterocycles. The number of nitrogens with zero attached hydrogens (tertiary/aromatic N) is 1. The molecule has 1 aromatic heterocycles. The van der Waals surface area contributed by atoms with Crippen LogP contribution in [-0.4, -0.2) is 29.3 Å². The monoisotopic (exact) mass is 434 g/mol. The molecule has 136 valence electrons. The predicted octanol–water partition coefficient (Wildman–Crippen LogP) is 3.16. The number of halogens is 4. The Bertz CT molecular complexity index is 887. The molecule has 0 unspecified atom stereocenters. The quantitative estimate of drug-likeness (QED) is 0.625. The van der Waals surface area contributed by atoms with Crippen LogP contribution in [0, 0.1) is 0 Å². The molecule has 2 aromatic rings. The summed E-state index contributed by atoms with van der Waals surface area (Å²) in [4.78, 5) is 38.5. The fraction of sp³-hybridized carbons (Fsp3) is 0.0667. The van der Waals surface area contributed by atoms with Gasteiger partial charge in [0.25, 0.3) is 11.8 Å². The first kappa shape index (κ1) is 20.3. The van der Waals surface area contributed by atoms with E-state index in [0.29, 0.717) is 5.69 Å². The Kier molecular flexibility index (Phi) is 6.66. The van der Waals surface area contributed by atoms with Crippen molar-refractivity contribution in [3.05, 3.63) is 55.7 Å². The van der Waals surface area contributed by atoms with E-state index in [1.165, 1.54) is 24.3 Å². The van der Waals surface area contributed by atoms with Gasteiger partial charge in [0.2, 0.25) is 5.91 Å². The molecule has 0 saturated carbocycles. The molecule has 0 atom stereocenters. The van der Waals surface area contributed by atoms with Gasteiger partial charge in [-0.05, 0) is 24.3 Å². The SMILES string of the molecule is NC(=O)CNC(=O)c1ccc(NC(=O)c2nc(Cl)c(Cl)c(Cl)c2Cl)cc1. The fourth-order valence-corrected chi connectivity index (χ4v) is 2.62. The van der Waals surface area contributed by atoms with Crippen molar-refractivity contribution in [2.24, 2.45) is 5.73 Å². The molecule has 0 aliphatic rings. The molecule has 0 bridgehead atoms. The summed E-state index contributed by atoms with van der Waals surface area (Å²) in [5, 5.41) is 4.44. The summed E-state index contributed by atoms with van der Waals surface area (Å²) in [6.07, 6.45) is 0. The summed E-state index contributed by atoms with van der Waals surface area (Å²) in [6.45, 7) is -0.278. The topological polar surface area (TPSA) is 114 Å². The highest BCUT2D eigenvalue weighted by molar-refractivity contribution is 6.52. The minimum Gasteiger partial charge on any atom is -0.368 e. The van der Waals surface area contributed by atoms with Gasteiger partial charge in [-0.2, -0.15) is 0 Å². The van der Waals surface area contributed by atoms with Crippen LogP contribution in [0.4, 0.5) is 5.69 Å². The van der Waals surface area contributed by atoms with Crippen molar-refractivity contribution >= 4 is 69.8 Å².